The van der Waals surface area contributed by atoms with E-state index in [1.807, 2.05) is 0 Å². The summed E-state index contributed by atoms with van der Waals surface area (Å²) < 4.78 is 6.48. The van der Waals surface area contributed by atoms with Crippen LogP contribution in [-0.2, 0) is 13.0 Å². The van der Waals surface area contributed by atoms with Crippen LogP contribution < -0.4 is 4.74 Å². The van der Waals surface area contributed by atoms with Gasteiger partial charge in [-0.05, 0) is 81.6 Å². The molecule has 32 heavy (non-hydrogen) atoms. The molecule has 4 aromatic rings. The normalized spacial score (nSPS) is 15.8. The number of benzene rings is 4. The average Bonchev–Trinajstić information content (AvgIpc) is 3.04. The molecule has 0 unspecified atom stereocenters. The predicted octanol–water partition coefficient (Wildman–Crippen LogP) is 8.68. The van der Waals surface area contributed by atoms with Crippen molar-refractivity contribution < 1.29 is 4.74 Å². The monoisotopic (exact) mass is 418 g/mol. The van der Waals surface area contributed by atoms with Crippen LogP contribution in [-0.4, -0.2) is 0 Å². The molecule has 0 atom stereocenters. The van der Waals surface area contributed by atoms with E-state index in [0.717, 1.165) is 12.2 Å². The molecule has 0 N–H and O–H groups in total. The standard InChI is InChI=1S/C31H30O/c1-2-21-15-9-16-24-20-32-28-18-10-17-25-26(22-11-5-3-6-12-22)19-27(23-13-7-4-8-14-23)31(29(21)24)30(25)28/h3,5-6,9-12,15-19,23H,2,4,7-8,13-14,20H2,1H3. The maximum atomic E-state index is 6.48. The molecular weight excluding hydrogens is 388 g/mol. The minimum atomic E-state index is 0.620. The van der Waals surface area contributed by atoms with E-state index < -0.39 is 0 Å². The molecule has 2 aliphatic rings. The van der Waals surface area contributed by atoms with Crippen LogP contribution in [0.4, 0.5) is 0 Å². The first-order valence-corrected chi connectivity index (χ1v) is 12.2. The molecule has 160 valence electrons. The highest BCUT2D eigenvalue weighted by molar-refractivity contribution is 6.10. The Bertz CT molecular complexity index is 1260. The Labute approximate surface area is 191 Å². The first-order chi connectivity index (χ1) is 15.8. The lowest BCUT2D eigenvalue weighted by Crippen LogP contribution is -2.08. The van der Waals surface area contributed by atoms with Crippen molar-refractivity contribution in [2.24, 2.45) is 0 Å². The number of hydrogen-bond donors (Lipinski definition) is 0. The fourth-order valence-corrected chi connectivity index (χ4v) is 5.99. The molecule has 1 heterocycles. The van der Waals surface area contributed by atoms with E-state index in [9.17, 15) is 0 Å². The van der Waals surface area contributed by atoms with Gasteiger partial charge in [0.2, 0.25) is 0 Å². The maximum absolute atomic E-state index is 6.48. The molecular formula is C31H30O. The van der Waals surface area contributed by atoms with Crippen molar-refractivity contribution in [3.63, 3.8) is 0 Å². The van der Waals surface area contributed by atoms with E-state index in [1.165, 1.54) is 81.8 Å². The summed E-state index contributed by atoms with van der Waals surface area (Å²) in [4.78, 5) is 0. The number of fused-ring (bicyclic) bond motifs is 2. The van der Waals surface area contributed by atoms with Crippen molar-refractivity contribution in [3.05, 3.63) is 89.5 Å². The number of aryl methyl sites for hydroxylation is 1. The van der Waals surface area contributed by atoms with Crippen molar-refractivity contribution in [1.29, 1.82) is 0 Å². The molecule has 6 rings (SSSR count). The van der Waals surface area contributed by atoms with Crippen LogP contribution in [0.25, 0.3) is 33.0 Å². The zero-order valence-corrected chi connectivity index (χ0v) is 18.9. The second kappa shape index (κ2) is 8.13. The molecule has 0 radical (unpaired) electrons. The van der Waals surface area contributed by atoms with Crippen molar-refractivity contribution >= 4 is 10.8 Å². The quantitative estimate of drug-likeness (QED) is 0.323. The molecule has 0 bridgehead atoms. The summed E-state index contributed by atoms with van der Waals surface area (Å²) in [7, 11) is 0. The minimum Gasteiger partial charge on any atom is -0.488 e. The molecule has 1 fully saturated rings. The zero-order valence-electron chi connectivity index (χ0n) is 18.9. The Balaban J connectivity index is 1.76. The Hall–Kier alpha value is -3.06. The van der Waals surface area contributed by atoms with Gasteiger partial charge in [0.1, 0.15) is 12.4 Å². The van der Waals surface area contributed by atoms with E-state index in [-0.39, 0.29) is 0 Å². The lowest BCUT2D eigenvalue weighted by Gasteiger charge is -2.28. The van der Waals surface area contributed by atoms with Gasteiger partial charge in [0, 0.05) is 5.39 Å². The highest BCUT2D eigenvalue weighted by atomic mass is 16.5. The highest BCUT2D eigenvalue weighted by Crippen LogP contribution is 2.50. The van der Waals surface area contributed by atoms with Crippen LogP contribution in [0.15, 0.2) is 72.8 Å². The second-order valence-electron chi connectivity index (χ2n) is 9.36. The maximum Gasteiger partial charge on any atom is 0.128 e. The zero-order chi connectivity index (χ0) is 21.5. The Kier molecular flexibility index (Phi) is 4.98. The fourth-order valence-electron chi connectivity index (χ4n) is 5.99. The van der Waals surface area contributed by atoms with Crippen LogP contribution >= 0.6 is 0 Å². The van der Waals surface area contributed by atoms with Gasteiger partial charge >= 0.3 is 0 Å². The molecule has 0 aromatic heterocycles. The van der Waals surface area contributed by atoms with Gasteiger partial charge in [0.15, 0.2) is 0 Å². The van der Waals surface area contributed by atoms with Crippen LogP contribution in [0.2, 0.25) is 0 Å². The third-order valence-electron chi connectivity index (χ3n) is 7.54. The molecule has 1 nitrogen and oxygen atoms in total. The summed E-state index contributed by atoms with van der Waals surface area (Å²) in [6, 6.07) is 26.8. The van der Waals surface area contributed by atoms with Gasteiger partial charge in [0.25, 0.3) is 0 Å². The van der Waals surface area contributed by atoms with Gasteiger partial charge in [0.05, 0.1) is 0 Å². The molecule has 0 spiro atoms. The topological polar surface area (TPSA) is 9.23 Å². The van der Waals surface area contributed by atoms with Gasteiger partial charge in [-0.2, -0.15) is 0 Å². The highest BCUT2D eigenvalue weighted by Gasteiger charge is 2.28. The van der Waals surface area contributed by atoms with Gasteiger partial charge < -0.3 is 4.74 Å². The largest absolute Gasteiger partial charge is 0.488 e. The summed E-state index contributed by atoms with van der Waals surface area (Å²) in [5, 5.41) is 2.62. The van der Waals surface area contributed by atoms with Crippen LogP contribution in [0.5, 0.6) is 5.75 Å². The SMILES string of the molecule is CCc1cccc2c1-c1c(C3CCCCC3)cc(-c3ccccc3)c3cccc(c13)OC2. The smallest absolute Gasteiger partial charge is 0.128 e. The van der Waals surface area contributed by atoms with E-state index >= 15 is 0 Å². The van der Waals surface area contributed by atoms with Crippen molar-refractivity contribution in [2.75, 3.05) is 0 Å². The molecule has 1 heteroatoms. The Morgan fingerprint density at radius 3 is 2.44 bits per heavy atom. The summed E-state index contributed by atoms with van der Waals surface area (Å²) in [6.07, 6.45) is 7.67. The van der Waals surface area contributed by atoms with Gasteiger partial charge in [-0.25, -0.2) is 0 Å². The lowest BCUT2D eigenvalue weighted by atomic mass is 9.76. The van der Waals surface area contributed by atoms with Gasteiger partial charge in [-0.1, -0.05) is 86.8 Å². The Morgan fingerprint density at radius 2 is 1.62 bits per heavy atom. The first kappa shape index (κ1) is 19.6. The lowest BCUT2D eigenvalue weighted by molar-refractivity contribution is 0.312. The molecule has 1 aliphatic carbocycles. The van der Waals surface area contributed by atoms with Crippen LogP contribution in [0, 0.1) is 0 Å². The third-order valence-corrected chi connectivity index (χ3v) is 7.54. The number of ether oxygens (including phenoxy) is 1. The van der Waals surface area contributed by atoms with Gasteiger partial charge in [-0.3, -0.25) is 0 Å². The average molecular weight is 419 g/mol. The van der Waals surface area contributed by atoms with E-state index in [2.05, 4.69) is 79.7 Å². The third kappa shape index (κ3) is 3.14. The predicted molar refractivity (Wildman–Crippen MR) is 134 cm³/mol. The molecule has 4 aromatic carbocycles. The number of rotatable bonds is 3. The summed E-state index contributed by atoms with van der Waals surface area (Å²) in [6.45, 7) is 2.92. The molecule has 1 aliphatic heterocycles. The fraction of sp³-hybridized carbons (Fsp3) is 0.290. The Morgan fingerprint density at radius 1 is 0.812 bits per heavy atom. The van der Waals surface area contributed by atoms with E-state index in [4.69, 9.17) is 4.74 Å². The first-order valence-electron chi connectivity index (χ1n) is 12.2. The molecule has 0 saturated heterocycles. The van der Waals surface area contributed by atoms with Crippen LogP contribution in [0.1, 0.15) is 61.6 Å². The minimum absolute atomic E-state index is 0.620. The molecule has 1 saturated carbocycles. The van der Waals surface area contributed by atoms with E-state index in [0.29, 0.717) is 12.5 Å². The van der Waals surface area contributed by atoms with E-state index in [1.54, 1.807) is 0 Å². The summed E-state index contributed by atoms with van der Waals surface area (Å²) in [5.41, 5.74) is 9.82. The number of hydrogen-bond acceptors (Lipinski definition) is 1. The molecule has 0 amide bonds. The van der Waals surface area contributed by atoms with Crippen LogP contribution in [0.3, 0.4) is 0 Å². The van der Waals surface area contributed by atoms with Crippen molar-refractivity contribution in [3.8, 4) is 28.0 Å². The van der Waals surface area contributed by atoms with Gasteiger partial charge in [-0.15, -0.1) is 0 Å². The summed E-state index contributed by atoms with van der Waals surface area (Å²) in [5.74, 6) is 1.65. The summed E-state index contributed by atoms with van der Waals surface area (Å²) >= 11 is 0. The van der Waals surface area contributed by atoms with Crippen molar-refractivity contribution in [1.82, 2.24) is 0 Å². The van der Waals surface area contributed by atoms with Crippen molar-refractivity contribution in [2.45, 2.75) is 58.0 Å². The second-order valence-corrected chi connectivity index (χ2v) is 9.36.